The molecule has 0 aromatic heterocycles. The first-order chi connectivity index (χ1) is 8.56. The van der Waals surface area contributed by atoms with Crippen LogP contribution in [0.1, 0.15) is 45.6 Å². The van der Waals surface area contributed by atoms with Gasteiger partial charge in [-0.15, -0.1) is 0 Å². The molecule has 1 aromatic carbocycles. The summed E-state index contributed by atoms with van der Waals surface area (Å²) in [7, 11) is 0. The third-order valence-corrected chi connectivity index (χ3v) is 2.93. The van der Waals surface area contributed by atoms with Crippen LogP contribution in [0.5, 0.6) is 0 Å². The molecule has 1 amide bonds. The first-order valence-corrected chi connectivity index (χ1v) is 6.69. The van der Waals surface area contributed by atoms with Gasteiger partial charge >= 0.3 is 0 Å². The van der Waals surface area contributed by atoms with Crippen LogP contribution in [-0.4, -0.2) is 18.5 Å². The standard InChI is InChI=1S/C15H24N2O/c1-5-10-16-12(4)15(18)17-14-9-7-6-8-13(14)11(2)3/h6-9,11-12,16H,5,10H2,1-4H3,(H,17,18). The molecule has 3 nitrogen and oxygen atoms in total. The number of carbonyl (C=O) groups excluding carboxylic acids is 1. The van der Waals surface area contributed by atoms with Crippen LogP contribution in [-0.2, 0) is 4.79 Å². The zero-order valence-electron chi connectivity index (χ0n) is 11.8. The molecule has 0 saturated heterocycles. The van der Waals surface area contributed by atoms with E-state index >= 15 is 0 Å². The predicted molar refractivity (Wildman–Crippen MR) is 76.9 cm³/mol. The Hall–Kier alpha value is -1.35. The van der Waals surface area contributed by atoms with E-state index in [1.807, 2.05) is 25.1 Å². The molecule has 0 aliphatic rings. The van der Waals surface area contributed by atoms with Crippen LogP contribution in [0.2, 0.25) is 0 Å². The molecule has 1 rings (SSSR count). The van der Waals surface area contributed by atoms with Crippen molar-refractivity contribution < 1.29 is 4.79 Å². The lowest BCUT2D eigenvalue weighted by molar-refractivity contribution is -0.117. The Morgan fingerprint density at radius 1 is 1.22 bits per heavy atom. The van der Waals surface area contributed by atoms with Gasteiger partial charge < -0.3 is 10.6 Å². The van der Waals surface area contributed by atoms with Gasteiger partial charge in [0.15, 0.2) is 0 Å². The molecule has 0 heterocycles. The summed E-state index contributed by atoms with van der Waals surface area (Å²) < 4.78 is 0. The molecular formula is C15H24N2O. The highest BCUT2D eigenvalue weighted by atomic mass is 16.2. The molecule has 1 unspecified atom stereocenters. The van der Waals surface area contributed by atoms with Crippen LogP contribution < -0.4 is 10.6 Å². The molecule has 0 fully saturated rings. The van der Waals surface area contributed by atoms with Gasteiger partial charge in [0, 0.05) is 5.69 Å². The quantitative estimate of drug-likeness (QED) is 0.812. The first kappa shape index (κ1) is 14.7. The number of carbonyl (C=O) groups is 1. The van der Waals surface area contributed by atoms with E-state index in [1.54, 1.807) is 0 Å². The van der Waals surface area contributed by atoms with Crippen molar-refractivity contribution in [3.05, 3.63) is 29.8 Å². The number of nitrogens with one attached hydrogen (secondary N) is 2. The number of para-hydroxylation sites is 1. The maximum Gasteiger partial charge on any atom is 0.241 e. The van der Waals surface area contributed by atoms with Gasteiger partial charge in [-0.1, -0.05) is 39.0 Å². The van der Waals surface area contributed by atoms with Gasteiger partial charge in [-0.3, -0.25) is 4.79 Å². The molecule has 0 aliphatic carbocycles. The lowest BCUT2D eigenvalue weighted by Crippen LogP contribution is -2.38. The predicted octanol–water partition coefficient (Wildman–Crippen LogP) is 3.14. The Labute approximate surface area is 110 Å². The summed E-state index contributed by atoms with van der Waals surface area (Å²) >= 11 is 0. The average molecular weight is 248 g/mol. The molecule has 0 bridgehead atoms. The Morgan fingerprint density at radius 2 is 1.89 bits per heavy atom. The van der Waals surface area contributed by atoms with E-state index in [0.29, 0.717) is 5.92 Å². The van der Waals surface area contributed by atoms with Gasteiger partial charge in [0.25, 0.3) is 0 Å². The van der Waals surface area contributed by atoms with Crippen molar-refractivity contribution in [3.63, 3.8) is 0 Å². The monoisotopic (exact) mass is 248 g/mol. The Morgan fingerprint density at radius 3 is 2.50 bits per heavy atom. The molecule has 3 heteroatoms. The van der Waals surface area contributed by atoms with Crippen LogP contribution in [0.3, 0.4) is 0 Å². The van der Waals surface area contributed by atoms with Crippen molar-refractivity contribution in [2.75, 3.05) is 11.9 Å². The van der Waals surface area contributed by atoms with E-state index in [4.69, 9.17) is 0 Å². The summed E-state index contributed by atoms with van der Waals surface area (Å²) in [6.07, 6.45) is 1.03. The van der Waals surface area contributed by atoms with Gasteiger partial charge in [-0.05, 0) is 37.4 Å². The van der Waals surface area contributed by atoms with Crippen molar-refractivity contribution in [3.8, 4) is 0 Å². The molecule has 2 N–H and O–H groups in total. The molecule has 0 radical (unpaired) electrons. The van der Waals surface area contributed by atoms with Crippen LogP contribution in [0, 0.1) is 0 Å². The average Bonchev–Trinajstić information content (AvgIpc) is 2.36. The molecule has 0 spiro atoms. The highest BCUT2D eigenvalue weighted by Crippen LogP contribution is 2.23. The number of rotatable bonds is 6. The van der Waals surface area contributed by atoms with Gasteiger partial charge in [-0.25, -0.2) is 0 Å². The summed E-state index contributed by atoms with van der Waals surface area (Å²) in [6.45, 7) is 9.10. The Balaban J connectivity index is 2.69. The summed E-state index contributed by atoms with van der Waals surface area (Å²) in [5.41, 5.74) is 2.09. The SMILES string of the molecule is CCCNC(C)C(=O)Nc1ccccc1C(C)C. The summed E-state index contributed by atoms with van der Waals surface area (Å²) in [5.74, 6) is 0.428. The third-order valence-electron chi connectivity index (χ3n) is 2.93. The number of hydrogen-bond donors (Lipinski definition) is 2. The van der Waals surface area contributed by atoms with Crippen molar-refractivity contribution in [1.82, 2.24) is 5.32 Å². The number of amides is 1. The van der Waals surface area contributed by atoms with Gasteiger partial charge in [0.2, 0.25) is 5.91 Å². The van der Waals surface area contributed by atoms with E-state index in [-0.39, 0.29) is 11.9 Å². The minimum atomic E-state index is -0.162. The van der Waals surface area contributed by atoms with Crippen LogP contribution in [0.25, 0.3) is 0 Å². The normalized spacial score (nSPS) is 12.5. The van der Waals surface area contributed by atoms with E-state index in [0.717, 1.165) is 18.7 Å². The minimum Gasteiger partial charge on any atom is -0.324 e. The zero-order chi connectivity index (χ0) is 13.5. The minimum absolute atomic E-state index is 0.0246. The van der Waals surface area contributed by atoms with Crippen molar-refractivity contribution >= 4 is 11.6 Å². The van der Waals surface area contributed by atoms with Crippen molar-refractivity contribution in [2.24, 2.45) is 0 Å². The third kappa shape index (κ3) is 4.15. The summed E-state index contributed by atoms with van der Waals surface area (Å²) in [6, 6.07) is 7.81. The van der Waals surface area contributed by atoms with Crippen LogP contribution in [0.15, 0.2) is 24.3 Å². The topological polar surface area (TPSA) is 41.1 Å². The fourth-order valence-corrected chi connectivity index (χ4v) is 1.81. The van der Waals surface area contributed by atoms with E-state index < -0.39 is 0 Å². The lowest BCUT2D eigenvalue weighted by atomic mass is 10.0. The highest BCUT2D eigenvalue weighted by molar-refractivity contribution is 5.95. The molecule has 0 saturated carbocycles. The molecule has 100 valence electrons. The first-order valence-electron chi connectivity index (χ1n) is 6.69. The Kier molecular flexibility index (Phi) is 5.86. The van der Waals surface area contributed by atoms with E-state index in [1.165, 1.54) is 5.56 Å². The molecule has 18 heavy (non-hydrogen) atoms. The fraction of sp³-hybridized carbons (Fsp3) is 0.533. The molecule has 0 aliphatic heterocycles. The number of anilines is 1. The number of benzene rings is 1. The van der Waals surface area contributed by atoms with Crippen LogP contribution in [0.4, 0.5) is 5.69 Å². The van der Waals surface area contributed by atoms with Crippen LogP contribution >= 0.6 is 0 Å². The van der Waals surface area contributed by atoms with Gasteiger partial charge in [0.1, 0.15) is 0 Å². The molecule has 1 aromatic rings. The summed E-state index contributed by atoms with van der Waals surface area (Å²) in [5, 5.41) is 6.19. The van der Waals surface area contributed by atoms with Gasteiger partial charge in [0.05, 0.1) is 6.04 Å². The van der Waals surface area contributed by atoms with E-state index in [9.17, 15) is 4.79 Å². The largest absolute Gasteiger partial charge is 0.324 e. The lowest BCUT2D eigenvalue weighted by Gasteiger charge is -2.17. The highest BCUT2D eigenvalue weighted by Gasteiger charge is 2.14. The molecular weight excluding hydrogens is 224 g/mol. The van der Waals surface area contributed by atoms with Crippen molar-refractivity contribution in [1.29, 1.82) is 0 Å². The maximum atomic E-state index is 12.0. The van der Waals surface area contributed by atoms with Crippen molar-refractivity contribution in [2.45, 2.75) is 46.1 Å². The second-order valence-corrected chi connectivity index (χ2v) is 4.91. The molecule has 1 atom stereocenters. The fourth-order valence-electron chi connectivity index (χ4n) is 1.81. The number of hydrogen-bond acceptors (Lipinski definition) is 2. The summed E-state index contributed by atoms with van der Waals surface area (Å²) in [4.78, 5) is 12.0. The van der Waals surface area contributed by atoms with Gasteiger partial charge in [-0.2, -0.15) is 0 Å². The Bertz CT molecular complexity index is 388. The maximum absolute atomic E-state index is 12.0. The second-order valence-electron chi connectivity index (χ2n) is 4.91. The smallest absolute Gasteiger partial charge is 0.241 e. The second kappa shape index (κ2) is 7.17. The van der Waals surface area contributed by atoms with E-state index in [2.05, 4.69) is 37.5 Å². The zero-order valence-corrected chi connectivity index (χ0v) is 11.8.